The van der Waals surface area contributed by atoms with E-state index in [1.54, 1.807) is 0 Å². The normalized spacial score (nSPS) is 11.7. The summed E-state index contributed by atoms with van der Waals surface area (Å²) in [4.78, 5) is 0. The van der Waals surface area contributed by atoms with Gasteiger partial charge in [0.15, 0.2) is 0 Å². The highest BCUT2D eigenvalue weighted by Crippen LogP contribution is 2.24. The van der Waals surface area contributed by atoms with Crippen LogP contribution in [0.4, 0.5) is 0 Å². The smallest absolute Gasteiger partial charge is 0.238 e. The van der Waals surface area contributed by atoms with Crippen LogP contribution in [0.1, 0.15) is 57.9 Å². The zero-order valence-electron chi connectivity index (χ0n) is 12.9. The molecule has 0 unspecified atom stereocenters. The minimum Gasteiger partial charge on any atom is -0.476 e. The van der Waals surface area contributed by atoms with E-state index in [1.165, 1.54) is 5.56 Å². The molecule has 0 radical (unpaired) electrons. The fraction of sp³-hybridized carbons (Fsp3) is 0.733. The van der Waals surface area contributed by atoms with Gasteiger partial charge in [0.2, 0.25) is 5.88 Å². The lowest BCUT2D eigenvalue weighted by Crippen LogP contribution is -2.15. The molecule has 1 aromatic rings. The van der Waals surface area contributed by atoms with E-state index in [4.69, 9.17) is 10.5 Å². The zero-order chi connectivity index (χ0) is 14.5. The molecule has 0 aliphatic carbocycles. The molecule has 1 heterocycles. The van der Waals surface area contributed by atoms with Crippen molar-refractivity contribution in [2.75, 3.05) is 6.61 Å². The summed E-state index contributed by atoms with van der Waals surface area (Å²) in [6, 6.07) is 0. The maximum Gasteiger partial charge on any atom is 0.238 e. The first-order chi connectivity index (χ1) is 8.92. The summed E-state index contributed by atoms with van der Waals surface area (Å²) in [5, 5.41) is 8.46. The van der Waals surface area contributed by atoms with Crippen molar-refractivity contribution >= 4 is 0 Å². The topological polar surface area (TPSA) is 61.0 Å². The summed E-state index contributed by atoms with van der Waals surface area (Å²) in [7, 11) is 0. The number of aromatic nitrogens is 2. The Morgan fingerprint density at radius 2 is 1.74 bits per heavy atom. The lowest BCUT2D eigenvalue weighted by molar-refractivity contribution is 0.232. The minimum atomic E-state index is 0.257. The van der Waals surface area contributed by atoms with E-state index in [0.29, 0.717) is 19.0 Å². The van der Waals surface area contributed by atoms with Crippen LogP contribution >= 0.6 is 0 Å². The number of nitrogens with zero attached hydrogens (tertiary/aromatic N) is 2. The molecule has 1 rings (SSSR count). The van der Waals surface area contributed by atoms with Crippen molar-refractivity contribution in [1.29, 1.82) is 0 Å². The molecule has 4 nitrogen and oxygen atoms in total. The van der Waals surface area contributed by atoms with E-state index in [9.17, 15) is 0 Å². The quantitative estimate of drug-likeness (QED) is 0.859. The van der Waals surface area contributed by atoms with Crippen molar-refractivity contribution in [3.8, 4) is 5.88 Å². The van der Waals surface area contributed by atoms with E-state index >= 15 is 0 Å². The van der Waals surface area contributed by atoms with Crippen LogP contribution in [0.3, 0.4) is 0 Å². The lowest BCUT2D eigenvalue weighted by atomic mass is 9.93. The first-order valence-corrected chi connectivity index (χ1v) is 7.13. The fourth-order valence-corrected chi connectivity index (χ4v) is 2.01. The van der Waals surface area contributed by atoms with E-state index in [2.05, 4.69) is 44.8 Å². The fourth-order valence-electron chi connectivity index (χ4n) is 2.01. The van der Waals surface area contributed by atoms with Crippen molar-refractivity contribution in [1.82, 2.24) is 10.2 Å². The van der Waals surface area contributed by atoms with Gasteiger partial charge in [0.1, 0.15) is 0 Å². The van der Waals surface area contributed by atoms with Crippen LogP contribution in [0, 0.1) is 5.41 Å². The van der Waals surface area contributed by atoms with Crippen molar-refractivity contribution in [2.45, 2.75) is 60.4 Å². The van der Waals surface area contributed by atoms with Gasteiger partial charge in [0, 0.05) is 12.1 Å². The first-order valence-electron chi connectivity index (χ1n) is 7.13. The monoisotopic (exact) mass is 265 g/mol. The van der Waals surface area contributed by atoms with Gasteiger partial charge in [-0.2, -0.15) is 5.10 Å². The van der Waals surface area contributed by atoms with Crippen LogP contribution in [0.25, 0.3) is 0 Å². The van der Waals surface area contributed by atoms with Gasteiger partial charge in [-0.25, -0.2) is 0 Å². The number of rotatable bonds is 6. The van der Waals surface area contributed by atoms with E-state index in [1.807, 2.05) is 0 Å². The Hall–Kier alpha value is -1.16. The molecule has 0 saturated heterocycles. The Morgan fingerprint density at radius 1 is 1.05 bits per heavy atom. The van der Waals surface area contributed by atoms with Crippen LogP contribution < -0.4 is 10.5 Å². The maximum atomic E-state index is 5.86. The third kappa shape index (κ3) is 4.46. The molecule has 4 heteroatoms. The third-order valence-corrected chi connectivity index (χ3v) is 3.22. The standard InChI is InChI=1S/C15H27N3O/c1-6-11-12(10-16)14(18-17-13(11)7-2)19-9-8-15(3,4)5/h6-10,16H2,1-5H3. The molecule has 2 N–H and O–H groups in total. The maximum absolute atomic E-state index is 5.86. The summed E-state index contributed by atoms with van der Waals surface area (Å²) in [6.07, 6.45) is 2.78. The Kier molecular flexibility index (Phi) is 5.73. The number of ether oxygens (including phenoxy) is 1. The first kappa shape index (κ1) is 15.9. The molecule has 0 aliphatic heterocycles. The highest BCUT2D eigenvalue weighted by molar-refractivity contribution is 5.36. The van der Waals surface area contributed by atoms with Crippen LogP contribution in [-0.4, -0.2) is 16.8 Å². The number of nitrogens with two attached hydrogens (primary N) is 1. The number of aryl methyl sites for hydroxylation is 1. The van der Waals surface area contributed by atoms with Crippen molar-refractivity contribution < 1.29 is 4.74 Å². The van der Waals surface area contributed by atoms with Crippen molar-refractivity contribution in [2.24, 2.45) is 11.1 Å². The molecular formula is C15H27N3O. The molecule has 0 aromatic carbocycles. The Balaban J connectivity index is 2.89. The van der Waals surface area contributed by atoms with Gasteiger partial charge >= 0.3 is 0 Å². The summed E-state index contributed by atoms with van der Waals surface area (Å²) in [5.41, 5.74) is 9.37. The molecule has 0 aliphatic rings. The van der Waals surface area contributed by atoms with Crippen LogP contribution in [0.2, 0.25) is 0 Å². The summed E-state index contributed by atoms with van der Waals surface area (Å²) >= 11 is 0. The molecule has 1 aromatic heterocycles. The molecule has 0 saturated carbocycles. The number of hydrogen-bond donors (Lipinski definition) is 1. The average molecular weight is 265 g/mol. The highest BCUT2D eigenvalue weighted by Gasteiger charge is 2.16. The van der Waals surface area contributed by atoms with Gasteiger partial charge in [-0.1, -0.05) is 34.6 Å². The Bertz CT molecular complexity index is 411. The Morgan fingerprint density at radius 3 is 2.21 bits per heavy atom. The Labute approximate surface area is 116 Å². The molecule has 0 atom stereocenters. The zero-order valence-corrected chi connectivity index (χ0v) is 12.9. The largest absolute Gasteiger partial charge is 0.476 e. The molecule has 19 heavy (non-hydrogen) atoms. The van der Waals surface area contributed by atoms with Crippen LogP contribution in [-0.2, 0) is 19.4 Å². The predicted molar refractivity (Wildman–Crippen MR) is 78.2 cm³/mol. The second-order valence-corrected chi connectivity index (χ2v) is 5.98. The van der Waals surface area contributed by atoms with E-state index in [-0.39, 0.29) is 5.41 Å². The minimum absolute atomic E-state index is 0.257. The second-order valence-electron chi connectivity index (χ2n) is 5.98. The van der Waals surface area contributed by atoms with Crippen molar-refractivity contribution in [3.05, 3.63) is 16.8 Å². The summed E-state index contributed by atoms with van der Waals surface area (Å²) in [6.45, 7) is 11.9. The van der Waals surface area contributed by atoms with Crippen LogP contribution in [0.5, 0.6) is 5.88 Å². The van der Waals surface area contributed by atoms with Gasteiger partial charge in [-0.3, -0.25) is 0 Å². The van der Waals surface area contributed by atoms with Gasteiger partial charge < -0.3 is 10.5 Å². The molecular weight excluding hydrogens is 238 g/mol. The summed E-state index contributed by atoms with van der Waals surface area (Å²) < 4.78 is 5.79. The number of hydrogen-bond acceptors (Lipinski definition) is 4. The van der Waals surface area contributed by atoms with E-state index in [0.717, 1.165) is 30.5 Å². The average Bonchev–Trinajstić information content (AvgIpc) is 2.36. The van der Waals surface area contributed by atoms with Crippen molar-refractivity contribution in [3.63, 3.8) is 0 Å². The SMILES string of the molecule is CCc1nnc(OCCC(C)(C)C)c(CN)c1CC. The van der Waals surface area contributed by atoms with Gasteiger partial charge in [0.05, 0.1) is 12.3 Å². The van der Waals surface area contributed by atoms with Gasteiger partial charge in [0.25, 0.3) is 0 Å². The summed E-state index contributed by atoms with van der Waals surface area (Å²) in [5.74, 6) is 0.612. The van der Waals surface area contributed by atoms with E-state index < -0.39 is 0 Å². The second kappa shape index (κ2) is 6.85. The van der Waals surface area contributed by atoms with Gasteiger partial charge in [-0.15, -0.1) is 5.10 Å². The third-order valence-electron chi connectivity index (χ3n) is 3.22. The van der Waals surface area contributed by atoms with Crippen LogP contribution in [0.15, 0.2) is 0 Å². The molecule has 0 amide bonds. The van der Waals surface area contributed by atoms with Gasteiger partial charge in [-0.05, 0) is 30.2 Å². The highest BCUT2D eigenvalue weighted by atomic mass is 16.5. The predicted octanol–water partition coefficient (Wildman–Crippen LogP) is 2.88. The molecule has 0 spiro atoms. The molecule has 0 fully saturated rings. The lowest BCUT2D eigenvalue weighted by Gasteiger charge is -2.19. The molecule has 108 valence electrons. The molecule has 0 bridgehead atoms.